The number of aromatic nitrogens is 1. The molecule has 7 nitrogen and oxygen atoms in total. The maximum atomic E-state index is 12.5. The van der Waals surface area contributed by atoms with Gasteiger partial charge in [0.15, 0.2) is 0 Å². The van der Waals surface area contributed by atoms with Crippen molar-refractivity contribution >= 4 is 28.9 Å². The molecule has 0 aliphatic carbocycles. The molecule has 0 radical (unpaired) electrons. The third-order valence-corrected chi connectivity index (χ3v) is 4.01. The van der Waals surface area contributed by atoms with Gasteiger partial charge >= 0.3 is 6.03 Å². The molecule has 24 heavy (non-hydrogen) atoms. The molecule has 4 N–H and O–H groups in total. The van der Waals surface area contributed by atoms with Gasteiger partial charge < -0.3 is 26.2 Å². The highest BCUT2D eigenvalue weighted by atomic mass is 16.2. The van der Waals surface area contributed by atoms with Gasteiger partial charge in [-0.1, -0.05) is 12.1 Å². The highest BCUT2D eigenvalue weighted by Gasteiger charge is 2.19. The molecule has 0 unspecified atom stereocenters. The number of nitrogens with two attached hydrogens (primary N) is 1. The molecule has 0 saturated carbocycles. The molecule has 2 amide bonds. The van der Waals surface area contributed by atoms with Crippen LogP contribution in [0.15, 0.2) is 42.6 Å². The molecule has 3 rings (SSSR count). The quantitative estimate of drug-likeness (QED) is 0.805. The zero-order valence-corrected chi connectivity index (χ0v) is 13.7. The standard InChI is InChI=1S/C17H22N6O/c1-22-8-10-23(11-9-22)17(24)21-15-5-3-2-4-14(15)20-16-7-6-13(18)12-19-16/h2-7,12H,8-11,18H2,1H3,(H,19,20)(H,21,24). The Morgan fingerprint density at radius 3 is 2.46 bits per heavy atom. The number of likely N-dealkylation sites (N-methyl/N-ethyl adjacent to an activating group) is 1. The van der Waals surface area contributed by atoms with Gasteiger partial charge in [-0.2, -0.15) is 0 Å². The van der Waals surface area contributed by atoms with Crippen LogP contribution in [0.3, 0.4) is 0 Å². The lowest BCUT2D eigenvalue weighted by molar-refractivity contribution is 0.164. The average Bonchev–Trinajstić information content (AvgIpc) is 2.59. The molecule has 0 bridgehead atoms. The lowest BCUT2D eigenvalue weighted by atomic mass is 10.2. The van der Waals surface area contributed by atoms with Crippen molar-refractivity contribution in [2.45, 2.75) is 0 Å². The van der Waals surface area contributed by atoms with E-state index in [1.807, 2.05) is 29.2 Å². The van der Waals surface area contributed by atoms with Crippen LogP contribution >= 0.6 is 0 Å². The summed E-state index contributed by atoms with van der Waals surface area (Å²) in [6.07, 6.45) is 1.59. The number of amides is 2. The summed E-state index contributed by atoms with van der Waals surface area (Å²) in [5.41, 5.74) is 7.77. The Morgan fingerprint density at radius 1 is 1.08 bits per heavy atom. The SMILES string of the molecule is CN1CCN(C(=O)Nc2ccccc2Nc2ccc(N)cn2)CC1. The zero-order chi connectivity index (χ0) is 16.9. The third-order valence-electron chi connectivity index (χ3n) is 4.01. The first-order valence-corrected chi connectivity index (χ1v) is 7.94. The summed E-state index contributed by atoms with van der Waals surface area (Å²) in [6.45, 7) is 3.25. The summed E-state index contributed by atoms with van der Waals surface area (Å²) in [7, 11) is 2.06. The van der Waals surface area contributed by atoms with Gasteiger partial charge in [0.2, 0.25) is 0 Å². The van der Waals surface area contributed by atoms with E-state index in [4.69, 9.17) is 5.73 Å². The monoisotopic (exact) mass is 326 g/mol. The van der Waals surface area contributed by atoms with E-state index in [1.54, 1.807) is 18.3 Å². The minimum atomic E-state index is -0.0809. The summed E-state index contributed by atoms with van der Waals surface area (Å²) < 4.78 is 0. The van der Waals surface area contributed by atoms with Crippen LogP contribution in [0.25, 0.3) is 0 Å². The lowest BCUT2D eigenvalue weighted by Crippen LogP contribution is -2.48. The van der Waals surface area contributed by atoms with Gasteiger partial charge in [-0.15, -0.1) is 0 Å². The number of nitrogens with zero attached hydrogens (tertiary/aromatic N) is 3. The van der Waals surface area contributed by atoms with Crippen molar-refractivity contribution in [3.05, 3.63) is 42.6 Å². The van der Waals surface area contributed by atoms with Gasteiger partial charge in [-0.05, 0) is 31.3 Å². The average molecular weight is 326 g/mol. The van der Waals surface area contributed by atoms with Crippen molar-refractivity contribution in [1.29, 1.82) is 0 Å². The number of carbonyl (C=O) groups is 1. The third kappa shape index (κ3) is 3.94. The number of rotatable bonds is 3. The number of nitrogens with one attached hydrogen (secondary N) is 2. The van der Waals surface area contributed by atoms with E-state index in [1.165, 1.54) is 0 Å². The first-order chi connectivity index (χ1) is 11.6. The minimum absolute atomic E-state index is 0.0809. The predicted octanol–water partition coefficient (Wildman–Crippen LogP) is 2.19. The number of urea groups is 1. The van der Waals surface area contributed by atoms with Crippen molar-refractivity contribution in [2.75, 3.05) is 49.6 Å². The number of pyridine rings is 1. The Morgan fingerprint density at radius 2 is 1.79 bits per heavy atom. The molecular weight excluding hydrogens is 304 g/mol. The van der Waals surface area contributed by atoms with E-state index in [0.717, 1.165) is 37.6 Å². The number of benzene rings is 1. The van der Waals surface area contributed by atoms with Gasteiger partial charge in [-0.25, -0.2) is 9.78 Å². The van der Waals surface area contributed by atoms with E-state index >= 15 is 0 Å². The van der Waals surface area contributed by atoms with E-state index in [0.29, 0.717) is 11.5 Å². The Labute approximate surface area is 141 Å². The Hall–Kier alpha value is -2.80. The van der Waals surface area contributed by atoms with Crippen molar-refractivity contribution in [3.63, 3.8) is 0 Å². The van der Waals surface area contributed by atoms with Crippen LogP contribution < -0.4 is 16.4 Å². The number of para-hydroxylation sites is 2. The number of hydrogen-bond donors (Lipinski definition) is 3. The Bertz CT molecular complexity index is 694. The molecule has 0 atom stereocenters. The van der Waals surface area contributed by atoms with Gasteiger partial charge in [0.25, 0.3) is 0 Å². The highest BCUT2D eigenvalue weighted by molar-refractivity contribution is 5.93. The molecule has 1 aromatic carbocycles. The molecule has 2 aromatic rings. The highest BCUT2D eigenvalue weighted by Crippen LogP contribution is 2.25. The first kappa shape index (κ1) is 16.1. The van der Waals surface area contributed by atoms with Gasteiger partial charge in [0.05, 0.1) is 23.3 Å². The summed E-state index contributed by atoms with van der Waals surface area (Å²) in [6, 6.07) is 11.1. The molecule has 1 aliphatic heterocycles. The summed E-state index contributed by atoms with van der Waals surface area (Å²) in [5, 5.41) is 6.19. The van der Waals surface area contributed by atoms with Crippen molar-refractivity contribution < 1.29 is 4.79 Å². The number of anilines is 4. The largest absolute Gasteiger partial charge is 0.397 e. The van der Waals surface area contributed by atoms with Crippen molar-refractivity contribution in [1.82, 2.24) is 14.8 Å². The van der Waals surface area contributed by atoms with E-state index < -0.39 is 0 Å². The van der Waals surface area contributed by atoms with E-state index in [9.17, 15) is 4.79 Å². The molecular formula is C17H22N6O. The number of nitrogen functional groups attached to an aromatic ring is 1. The number of carbonyl (C=O) groups excluding carboxylic acids is 1. The fourth-order valence-electron chi connectivity index (χ4n) is 2.52. The predicted molar refractivity (Wildman–Crippen MR) is 96.5 cm³/mol. The van der Waals surface area contributed by atoms with Crippen LogP contribution in [0.1, 0.15) is 0 Å². The van der Waals surface area contributed by atoms with Gasteiger partial charge in [-0.3, -0.25) is 0 Å². The van der Waals surface area contributed by atoms with Crippen LogP contribution in [-0.2, 0) is 0 Å². The molecule has 1 saturated heterocycles. The van der Waals surface area contributed by atoms with E-state index in [2.05, 4.69) is 27.6 Å². The molecule has 7 heteroatoms. The summed E-state index contributed by atoms with van der Waals surface area (Å²) in [4.78, 5) is 20.7. The van der Waals surface area contributed by atoms with Crippen molar-refractivity contribution in [2.24, 2.45) is 0 Å². The van der Waals surface area contributed by atoms with Crippen molar-refractivity contribution in [3.8, 4) is 0 Å². The second-order valence-corrected chi connectivity index (χ2v) is 5.87. The maximum Gasteiger partial charge on any atom is 0.321 e. The zero-order valence-electron chi connectivity index (χ0n) is 13.7. The Balaban J connectivity index is 1.69. The molecule has 2 heterocycles. The Kier molecular flexibility index (Phi) is 4.81. The second kappa shape index (κ2) is 7.18. The van der Waals surface area contributed by atoms with Crippen LogP contribution in [0, 0.1) is 0 Å². The summed E-state index contributed by atoms with van der Waals surface area (Å²) in [5.74, 6) is 0.672. The minimum Gasteiger partial charge on any atom is -0.397 e. The van der Waals surface area contributed by atoms with Gasteiger partial charge in [0, 0.05) is 26.2 Å². The van der Waals surface area contributed by atoms with Crippen LogP contribution in [-0.4, -0.2) is 54.0 Å². The number of piperazine rings is 1. The maximum absolute atomic E-state index is 12.5. The normalized spacial score (nSPS) is 15.1. The lowest BCUT2D eigenvalue weighted by Gasteiger charge is -2.32. The number of hydrogen-bond acceptors (Lipinski definition) is 5. The fraction of sp³-hybridized carbons (Fsp3) is 0.294. The first-order valence-electron chi connectivity index (χ1n) is 7.94. The smallest absolute Gasteiger partial charge is 0.321 e. The van der Waals surface area contributed by atoms with Crippen LogP contribution in [0.2, 0.25) is 0 Å². The fourth-order valence-corrected chi connectivity index (χ4v) is 2.52. The molecule has 1 fully saturated rings. The summed E-state index contributed by atoms with van der Waals surface area (Å²) >= 11 is 0. The van der Waals surface area contributed by atoms with Gasteiger partial charge in [0.1, 0.15) is 5.82 Å². The molecule has 0 spiro atoms. The topological polar surface area (TPSA) is 86.5 Å². The second-order valence-electron chi connectivity index (χ2n) is 5.87. The molecule has 126 valence electrons. The van der Waals surface area contributed by atoms with E-state index in [-0.39, 0.29) is 6.03 Å². The molecule has 1 aromatic heterocycles. The van der Waals surface area contributed by atoms with Crippen LogP contribution in [0.4, 0.5) is 27.7 Å². The van der Waals surface area contributed by atoms with Crippen LogP contribution in [0.5, 0.6) is 0 Å². The molecule has 1 aliphatic rings.